The van der Waals surface area contributed by atoms with Crippen LogP contribution < -0.4 is 9.44 Å². The molecule has 3 rings (SSSR count). The average Bonchev–Trinajstić information content (AvgIpc) is 2.60. The van der Waals surface area contributed by atoms with Gasteiger partial charge in [0.2, 0.25) is 0 Å². The molecule has 0 aliphatic carbocycles. The Balaban J connectivity index is 1.87. The summed E-state index contributed by atoms with van der Waals surface area (Å²) < 4.78 is 58.0. The van der Waals surface area contributed by atoms with Gasteiger partial charge in [0.15, 0.2) is 0 Å². The van der Waals surface area contributed by atoms with Crippen LogP contribution in [0.1, 0.15) is 0 Å². The van der Waals surface area contributed by atoms with Crippen molar-refractivity contribution in [1.82, 2.24) is 0 Å². The first-order valence-corrected chi connectivity index (χ1v) is 14.2. The van der Waals surface area contributed by atoms with Gasteiger partial charge in [0.05, 0.1) is 11.4 Å². The normalized spacial score (nSPS) is 11.9. The molecule has 0 radical (unpaired) electrons. The van der Waals surface area contributed by atoms with Crippen LogP contribution in [-0.2, 0) is 20.0 Å². The Morgan fingerprint density at radius 2 is 0.967 bits per heavy atom. The molecule has 158 valence electrons. The van der Waals surface area contributed by atoms with Gasteiger partial charge < -0.3 is 0 Å². The zero-order valence-corrected chi connectivity index (χ0v) is 22.7. The van der Waals surface area contributed by atoms with E-state index >= 15 is 0 Å². The van der Waals surface area contributed by atoms with E-state index in [2.05, 4.69) is 73.2 Å². The predicted octanol–water partition coefficient (Wildman–Crippen LogP) is 6.34. The van der Waals surface area contributed by atoms with Crippen LogP contribution >= 0.6 is 63.7 Å². The van der Waals surface area contributed by atoms with E-state index in [4.69, 9.17) is 0 Å². The lowest BCUT2D eigenvalue weighted by Crippen LogP contribution is -2.15. The van der Waals surface area contributed by atoms with Crippen molar-refractivity contribution >= 4 is 95.1 Å². The second-order valence-corrected chi connectivity index (χ2v) is 12.8. The molecule has 12 heteroatoms. The molecule has 0 amide bonds. The molecular formula is C18H12Br4N2O4S2. The fourth-order valence-corrected chi connectivity index (χ4v) is 8.05. The van der Waals surface area contributed by atoms with Gasteiger partial charge in [-0.3, -0.25) is 9.44 Å². The number of nitrogens with one attached hydrogen (secondary N) is 2. The molecule has 0 bridgehead atoms. The molecule has 0 aromatic heterocycles. The molecule has 0 heterocycles. The van der Waals surface area contributed by atoms with Crippen molar-refractivity contribution in [2.45, 2.75) is 9.79 Å². The maximum absolute atomic E-state index is 12.7. The van der Waals surface area contributed by atoms with Crippen LogP contribution in [0.15, 0.2) is 88.3 Å². The van der Waals surface area contributed by atoms with E-state index in [1.54, 1.807) is 30.3 Å². The van der Waals surface area contributed by atoms with Gasteiger partial charge in [-0.2, -0.15) is 0 Å². The molecule has 2 N–H and O–H groups in total. The fourth-order valence-electron chi connectivity index (χ4n) is 2.45. The van der Waals surface area contributed by atoms with Gasteiger partial charge in [-0.15, -0.1) is 0 Å². The van der Waals surface area contributed by atoms with E-state index in [1.807, 2.05) is 0 Å². The van der Waals surface area contributed by atoms with Gasteiger partial charge in [-0.25, -0.2) is 16.8 Å². The van der Waals surface area contributed by atoms with Crippen molar-refractivity contribution in [3.63, 3.8) is 0 Å². The van der Waals surface area contributed by atoms with E-state index < -0.39 is 20.0 Å². The van der Waals surface area contributed by atoms with Crippen molar-refractivity contribution in [3.05, 3.63) is 78.6 Å². The summed E-state index contributed by atoms with van der Waals surface area (Å²) in [6.07, 6.45) is 0. The number of benzene rings is 3. The van der Waals surface area contributed by atoms with Crippen LogP contribution in [-0.4, -0.2) is 16.8 Å². The summed E-state index contributed by atoms with van der Waals surface area (Å²) in [6, 6.07) is 15.4. The maximum atomic E-state index is 12.7. The molecule has 0 fully saturated rings. The molecule has 0 aliphatic rings. The Hall–Kier alpha value is -0.920. The number of hydrogen-bond donors (Lipinski definition) is 2. The topological polar surface area (TPSA) is 92.3 Å². The highest BCUT2D eigenvalue weighted by Gasteiger charge is 2.20. The van der Waals surface area contributed by atoms with Crippen LogP contribution in [0.2, 0.25) is 0 Å². The van der Waals surface area contributed by atoms with Crippen molar-refractivity contribution in [2.75, 3.05) is 9.44 Å². The zero-order chi connectivity index (χ0) is 22.1. The third-order valence-electron chi connectivity index (χ3n) is 3.73. The molecular weight excluding hydrogens is 692 g/mol. The van der Waals surface area contributed by atoms with Gasteiger partial charge in [0.25, 0.3) is 20.0 Å². The monoisotopic (exact) mass is 700 g/mol. The molecule has 0 unspecified atom stereocenters. The summed E-state index contributed by atoms with van der Waals surface area (Å²) in [5, 5.41) is 0. The Morgan fingerprint density at radius 3 is 1.33 bits per heavy atom. The second kappa shape index (κ2) is 9.29. The predicted molar refractivity (Wildman–Crippen MR) is 132 cm³/mol. The lowest BCUT2D eigenvalue weighted by atomic mass is 10.3. The molecule has 0 spiro atoms. The summed E-state index contributed by atoms with van der Waals surface area (Å²) in [5.41, 5.74) is 0.416. The minimum atomic E-state index is -3.89. The molecule has 0 saturated carbocycles. The quantitative estimate of drug-likeness (QED) is 0.314. The Kier molecular flexibility index (Phi) is 7.35. The first-order valence-electron chi connectivity index (χ1n) is 8.04. The minimum absolute atomic E-state index is 0.0514. The highest BCUT2D eigenvalue weighted by Crippen LogP contribution is 2.30. The van der Waals surface area contributed by atoms with Crippen LogP contribution in [0, 0.1) is 0 Å². The van der Waals surface area contributed by atoms with Crippen LogP contribution in [0.3, 0.4) is 0 Å². The number of rotatable bonds is 6. The van der Waals surface area contributed by atoms with Crippen molar-refractivity contribution in [2.24, 2.45) is 0 Å². The van der Waals surface area contributed by atoms with Gasteiger partial charge in [0, 0.05) is 17.9 Å². The third-order valence-corrected chi connectivity index (χ3v) is 9.44. The Labute approximate surface area is 208 Å². The summed E-state index contributed by atoms with van der Waals surface area (Å²) in [7, 11) is -7.79. The first-order chi connectivity index (χ1) is 14.0. The Bertz CT molecular complexity index is 1230. The lowest BCUT2D eigenvalue weighted by molar-refractivity contribution is 0.599. The largest absolute Gasteiger partial charge is 0.280 e. The van der Waals surface area contributed by atoms with Crippen LogP contribution in [0.25, 0.3) is 0 Å². The minimum Gasteiger partial charge on any atom is -0.280 e. The van der Waals surface area contributed by atoms with Crippen molar-refractivity contribution in [3.8, 4) is 0 Å². The number of anilines is 2. The standard InChI is InChI=1S/C18H12Br4N2O4S2/c19-11-4-6-17(15(21)8-11)29(25,26)23-13-2-1-3-14(10-13)24-30(27,28)18-7-5-12(20)9-16(18)22/h1-10,23-24H. The SMILES string of the molecule is O=S(=O)(Nc1cccc(NS(=O)(=O)c2ccc(Br)cc2Br)c1)c1ccc(Br)cc1Br. The smallest absolute Gasteiger partial charge is 0.263 e. The molecule has 0 aliphatic heterocycles. The van der Waals surface area contributed by atoms with Crippen LogP contribution in [0.5, 0.6) is 0 Å². The van der Waals surface area contributed by atoms with Gasteiger partial charge in [-0.05, 0) is 86.5 Å². The summed E-state index contributed by atoms with van der Waals surface area (Å²) >= 11 is 13.0. The highest BCUT2D eigenvalue weighted by molar-refractivity contribution is 9.11. The number of halogens is 4. The highest BCUT2D eigenvalue weighted by atomic mass is 79.9. The summed E-state index contributed by atoms with van der Waals surface area (Å²) in [6.45, 7) is 0. The molecule has 0 saturated heterocycles. The zero-order valence-electron chi connectivity index (χ0n) is 14.7. The van der Waals surface area contributed by atoms with E-state index in [9.17, 15) is 16.8 Å². The molecule has 0 atom stereocenters. The van der Waals surface area contributed by atoms with E-state index in [0.717, 1.165) is 8.95 Å². The molecule has 3 aromatic carbocycles. The van der Waals surface area contributed by atoms with E-state index in [0.29, 0.717) is 8.95 Å². The lowest BCUT2D eigenvalue weighted by Gasteiger charge is -2.13. The van der Waals surface area contributed by atoms with Gasteiger partial charge in [0.1, 0.15) is 9.79 Å². The fraction of sp³-hybridized carbons (Fsp3) is 0. The molecule has 6 nitrogen and oxygen atoms in total. The summed E-state index contributed by atoms with van der Waals surface area (Å²) in [4.78, 5) is 0.103. The first kappa shape index (κ1) is 23.7. The Morgan fingerprint density at radius 1 is 0.567 bits per heavy atom. The van der Waals surface area contributed by atoms with Gasteiger partial charge in [-0.1, -0.05) is 37.9 Å². The molecule has 3 aromatic rings. The second-order valence-electron chi connectivity index (χ2n) is 5.94. The van der Waals surface area contributed by atoms with Crippen molar-refractivity contribution < 1.29 is 16.8 Å². The molecule has 30 heavy (non-hydrogen) atoms. The third kappa shape index (κ3) is 5.65. The van der Waals surface area contributed by atoms with Gasteiger partial charge >= 0.3 is 0 Å². The summed E-state index contributed by atoms with van der Waals surface area (Å²) in [5.74, 6) is 0. The van der Waals surface area contributed by atoms with E-state index in [-0.39, 0.29) is 21.2 Å². The average molecular weight is 704 g/mol. The number of sulfonamides is 2. The van der Waals surface area contributed by atoms with Crippen LogP contribution in [0.4, 0.5) is 11.4 Å². The van der Waals surface area contributed by atoms with Crippen molar-refractivity contribution in [1.29, 1.82) is 0 Å². The number of hydrogen-bond acceptors (Lipinski definition) is 4. The maximum Gasteiger partial charge on any atom is 0.263 e. The van der Waals surface area contributed by atoms with E-state index in [1.165, 1.54) is 30.3 Å².